The van der Waals surface area contributed by atoms with E-state index in [0.717, 1.165) is 32.2 Å². The topological polar surface area (TPSA) is 75.4 Å². The Kier molecular flexibility index (Phi) is 3.66. The van der Waals surface area contributed by atoms with Crippen molar-refractivity contribution in [1.29, 1.82) is 0 Å². The van der Waals surface area contributed by atoms with E-state index in [2.05, 4.69) is 5.32 Å². The molecule has 0 aromatic rings. The van der Waals surface area contributed by atoms with Crippen LogP contribution in [0.3, 0.4) is 0 Å². The van der Waals surface area contributed by atoms with Crippen LogP contribution in [0.5, 0.6) is 0 Å². The first-order valence-electron chi connectivity index (χ1n) is 6.42. The fourth-order valence-corrected chi connectivity index (χ4v) is 2.74. The van der Waals surface area contributed by atoms with Crippen LogP contribution < -0.4 is 11.1 Å². The van der Waals surface area contributed by atoms with Crippen LogP contribution in [0.4, 0.5) is 0 Å². The third-order valence-electron chi connectivity index (χ3n) is 3.93. The van der Waals surface area contributed by atoms with Gasteiger partial charge in [0.1, 0.15) is 0 Å². The van der Waals surface area contributed by atoms with Gasteiger partial charge in [0.05, 0.1) is 12.0 Å². The molecule has 2 amide bonds. The molecule has 0 bridgehead atoms. The molecule has 96 valence electrons. The SMILES string of the molecule is CC1CCC(C(N)=O)CN1C(=O)[C@H]1CCCN1. The van der Waals surface area contributed by atoms with Crippen LogP contribution in [0.1, 0.15) is 32.6 Å². The van der Waals surface area contributed by atoms with Crippen LogP contribution in [0.2, 0.25) is 0 Å². The van der Waals surface area contributed by atoms with Crippen LogP contribution in [0.25, 0.3) is 0 Å². The largest absolute Gasteiger partial charge is 0.369 e. The van der Waals surface area contributed by atoms with Crippen molar-refractivity contribution in [2.45, 2.75) is 44.7 Å². The van der Waals surface area contributed by atoms with Crippen LogP contribution in [-0.2, 0) is 9.59 Å². The predicted molar refractivity (Wildman–Crippen MR) is 64.1 cm³/mol. The quantitative estimate of drug-likeness (QED) is 0.703. The fraction of sp³-hybridized carbons (Fsp3) is 0.833. The minimum absolute atomic E-state index is 0.0518. The van der Waals surface area contributed by atoms with E-state index in [1.54, 1.807) is 0 Å². The van der Waals surface area contributed by atoms with Gasteiger partial charge in [-0.3, -0.25) is 9.59 Å². The van der Waals surface area contributed by atoms with E-state index in [-0.39, 0.29) is 29.8 Å². The standard InChI is InChI=1S/C12H21N3O2/c1-8-4-5-9(11(13)16)7-15(8)12(17)10-3-2-6-14-10/h8-10,14H,2-7H2,1H3,(H2,13,16)/t8?,9?,10-/m1/s1. The average molecular weight is 239 g/mol. The highest BCUT2D eigenvalue weighted by Crippen LogP contribution is 2.23. The molecule has 0 aliphatic carbocycles. The van der Waals surface area contributed by atoms with Crippen LogP contribution >= 0.6 is 0 Å². The van der Waals surface area contributed by atoms with Gasteiger partial charge in [0.15, 0.2) is 0 Å². The molecule has 2 rings (SSSR count). The smallest absolute Gasteiger partial charge is 0.239 e. The van der Waals surface area contributed by atoms with Crippen molar-refractivity contribution in [3.8, 4) is 0 Å². The predicted octanol–water partition coefficient (Wildman–Crippen LogP) is -0.149. The highest BCUT2D eigenvalue weighted by Gasteiger charge is 2.35. The maximum absolute atomic E-state index is 12.3. The van der Waals surface area contributed by atoms with Crippen LogP contribution in [0.15, 0.2) is 0 Å². The Morgan fingerprint density at radius 1 is 1.29 bits per heavy atom. The molecule has 2 saturated heterocycles. The molecule has 2 aliphatic heterocycles. The third kappa shape index (κ3) is 2.60. The minimum Gasteiger partial charge on any atom is -0.369 e. The zero-order valence-electron chi connectivity index (χ0n) is 10.3. The Bertz CT molecular complexity index is 313. The van der Waals surface area contributed by atoms with E-state index in [4.69, 9.17) is 5.73 Å². The molecule has 17 heavy (non-hydrogen) atoms. The van der Waals surface area contributed by atoms with Gasteiger partial charge in [0.2, 0.25) is 11.8 Å². The van der Waals surface area contributed by atoms with E-state index >= 15 is 0 Å². The van der Waals surface area contributed by atoms with E-state index in [9.17, 15) is 9.59 Å². The summed E-state index contributed by atoms with van der Waals surface area (Å²) in [6.45, 7) is 3.45. The molecule has 0 saturated carbocycles. The van der Waals surface area contributed by atoms with E-state index < -0.39 is 0 Å². The third-order valence-corrected chi connectivity index (χ3v) is 3.93. The molecule has 0 aromatic carbocycles. The van der Waals surface area contributed by atoms with Gasteiger partial charge in [0, 0.05) is 12.6 Å². The second kappa shape index (κ2) is 5.04. The van der Waals surface area contributed by atoms with Crippen molar-refractivity contribution in [1.82, 2.24) is 10.2 Å². The van der Waals surface area contributed by atoms with Gasteiger partial charge < -0.3 is 16.0 Å². The van der Waals surface area contributed by atoms with Gasteiger partial charge in [-0.25, -0.2) is 0 Å². The highest BCUT2D eigenvalue weighted by molar-refractivity contribution is 5.84. The number of amides is 2. The monoisotopic (exact) mass is 239 g/mol. The van der Waals surface area contributed by atoms with Gasteiger partial charge in [-0.2, -0.15) is 0 Å². The van der Waals surface area contributed by atoms with E-state index in [0.29, 0.717) is 6.54 Å². The first kappa shape index (κ1) is 12.4. The molecule has 5 heteroatoms. The molecule has 0 spiro atoms. The second-order valence-electron chi connectivity index (χ2n) is 5.17. The number of nitrogens with two attached hydrogens (primary N) is 1. The van der Waals surface area contributed by atoms with Gasteiger partial charge in [-0.05, 0) is 39.2 Å². The lowest BCUT2D eigenvalue weighted by Gasteiger charge is -2.38. The number of hydrogen-bond acceptors (Lipinski definition) is 3. The van der Waals surface area contributed by atoms with E-state index in [1.807, 2.05) is 11.8 Å². The van der Waals surface area contributed by atoms with Crippen LogP contribution in [-0.4, -0.2) is 41.9 Å². The Morgan fingerprint density at radius 2 is 2.06 bits per heavy atom. The van der Waals surface area contributed by atoms with Crippen molar-refractivity contribution >= 4 is 11.8 Å². The summed E-state index contributed by atoms with van der Waals surface area (Å²) in [6, 6.07) is 0.171. The van der Waals surface area contributed by atoms with E-state index in [1.165, 1.54) is 0 Å². The number of nitrogens with one attached hydrogen (secondary N) is 1. The number of primary amides is 1. The molecule has 3 N–H and O–H groups in total. The number of carbonyl (C=O) groups excluding carboxylic acids is 2. The Labute approximate surface area is 102 Å². The Balaban J connectivity index is 2.01. The summed E-state index contributed by atoms with van der Waals surface area (Å²) in [6.07, 6.45) is 3.63. The van der Waals surface area contributed by atoms with Gasteiger partial charge in [-0.1, -0.05) is 0 Å². The van der Waals surface area contributed by atoms with Crippen molar-refractivity contribution in [2.75, 3.05) is 13.1 Å². The Hall–Kier alpha value is -1.10. The van der Waals surface area contributed by atoms with Gasteiger partial charge in [-0.15, -0.1) is 0 Å². The van der Waals surface area contributed by atoms with Crippen LogP contribution in [0, 0.1) is 5.92 Å². The highest BCUT2D eigenvalue weighted by atomic mass is 16.2. The maximum atomic E-state index is 12.3. The van der Waals surface area contributed by atoms with Crippen molar-refractivity contribution in [2.24, 2.45) is 11.7 Å². The maximum Gasteiger partial charge on any atom is 0.239 e. The number of carbonyl (C=O) groups is 2. The van der Waals surface area contributed by atoms with Crippen molar-refractivity contribution in [3.63, 3.8) is 0 Å². The summed E-state index contributed by atoms with van der Waals surface area (Å²) < 4.78 is 0. The molecule has 3 atom stereocenters. The number of piperidine rings is 1. The molecule has 0 aromatic heterocycles. The average Bonchev–Trinajstić information content (AvgIpc) is 2.81. The number of rotatable bonds is 2. The lowest BCUT2D eigenvalue weighted by atomic mass is 9.92. The molecule has 2 fully saturated rings. The normalized spacial score (nSPS) is 33.7. The Morgan fingerprint density at radius 3 is 2.65 bits per heavy atom. The summed E-state index contributed by atoms with van der Waals surface area (Å²) in [7, 11) is 0. The molecular formula is C12H21N3O2. The summed E-state index contributed by atoms with van der Waals surface area (Å²) in [5.41, 5.74) is 5.34. The van der Waals surface area contributed by atoms with Gasteiger partial charge in [0.25, 0.3) is 0 Å². The van der Waals surface area contributed by atoms with Crippen molar-refractivity contribution in [3.05, 3.63) is 0 Å². The summed E-state index contributed by atoms with van der Waals surface area (Å²) in [5.74, 6) is -0.313. The fourth-order valence-electron chi connectivity index (χ4n) is 2.74. The summed E-state index contributed by atoms with van der Waals surface area (Å²) in [5, 5.41) is 3.21. The lowest BCUT2D eigenvalue weighted by Crippen LogP contribution is -2.53. The number of hydrogen-bond donors (Lipinski definition) is 2. The lowest BCUT2D eigenvalue weighted by molar-refractivity contribution is -0.139. The zero-order valence-corrected chi connectivity index (χ0v) is 10.3. The van der Waals surface area contributed by atoms with Gasteiger partial charge >= 0.3 is 0 Å². The summed E-state index contributed by atoms with van der Waals surface area (Å²) in [4.78, 5) is 25.3. The molecule has 0 radical (unpaired) electrons. The molecule has 2 unspecified atom stereocenters. The first-order valence-corrected chi connectivity index (χ1v) is 6.42. The molecular weight excluding hydrogens is 218 g/mol. The molecule has 2 aliphatic rings. The zero-order chi connectivity index (χ0) is 12.4. The minimum atomic E-state index is -0.283. The number of nitrogens with zero attached hydrogens (tertiary/aromatic N) is 1. The summed E-state index contributed by atoms with van der Waals surface area (Å²) >= 11 is 0. The van der Waals surface area contributed by atoms with Crippen molar-refractivity contribution < 1.29 is 9.59 Å². The second-order valence-corrected chi connectivity index (χ2v) is 5.17. The first-order chi connectivity index (χ1) is 8.09. The number of likely N-dealkylation sites (tertiary alicyclic amines) is 1. The molecule has 2 heterocycles. The molecule has 5 nitrogen and oxygen atoms in total.